The minimum absolute atomic E-state index is 0.388. The maximum Gasteiger partial charge on any atom is 0.411 e. The number of amides is 1. The van der Waals surface area contributed by atoms with Gasteiger partial charge in [-0.05, 0) is 40.5 Å². The highest BCUT2D eigenvalue weighted by Crippen LogP contribution is 2.33. The van der Waals surface area contributed by atoms with Crippen LogP contribution < -0.4 is 0 Å². The summed E-state index contributed by atoms with van der Waals surface area (Å²) in [5.74, 6) is 5.69. The fourth-order valence-electron chi connectivity index (χ4n) is 2.04. The molecule has 1 unspecified atom stereocenters. The van der Waals surface area contributed by atoms with Gasteiger partial charge in [0, 0.05) is 13.0 Å². The van der Waals surface area contributed by atoms with Gasteiger partial charge >= 0.3 is 6.09 Å². The van der Waals surface area contributed by atoms with E-state index in [-0.39, 0.29) is 0 Å². The molecule has 1 amide bonds. The summed E-state index contributed by atoms with van der Waals surface area (Å²) in [6.07, 6.45) is 1.45. The van der Waals surface area contributed by atoms with E-state index in [1.807, 2.05) is 20.8 Å². The molecule has 1 heterocycles. The second kappa shape index (κ2) is 5.31. The number of likely N-dealkylation sites (tertiary alicyclic amines) is 1. The smallest absolute Gasteiger partial charge is 0.411 e. The Morgan fingerprint density at radius 1 is 1.50 bits per heavy atom. The minimum Gasteiger partial charge on any atom is -0.444 e. The second-order valence-electron chi connectivity index (χ2n) is 5.48. The van der Waals surface area contributed by atoms with Crippen LogP contribution >= 0.6 is 0 Å². The third-order valence-corrected chi connectivity index (χ3v) is 2.87. The van der Waals surface area contributed by atoms with Gasteiger partial charge in [-0.25, -0.2) is 4.79 Å². The number of hydrogen-bond acceptors (Lipinski definition) is 3. The van der Waals surface area contributed by atoms with Crippen molar-refractivity contribution in [3.05, 3.63) is 0 Å². The number of carbonyl (C=O) groups excluding carboxylic acids is 1. The van der Waals surface area contributed by atoms with Crippen LogP contribution in [0.25, 0.3) is 0 Å². The first kappa shape index (κ1) is 14.4. The largest absolute Gasteiger partial charge is 0.444 e. The lowest BCUT2D eigenvalue weighted by molar-refractivity contribution is 0.0162. The Labute approximate surface area is 109 Å². The van der Waals surface area contributed by atoms with Crippen LogP contribution in [0.2, 0.25) is 0 Å². The van der Waals surface area contributed by atoms with Crippen molar-refractivity contribution in [1.82, 2.24) is 4.90 Å². The van der Waals surface area contributed by atoms with Gasteiger partial charge in [0.1, 0.15) is 11.1 Å². The highest BCUT2D eigenvalue weighted by Gasteiger charge is 2.45. The summed E-state index contributed by atoms with van der Waals surface area (Å²) in [7, 11) is 0. The van der Waals surface area contributed by atoms with E-state index in [9.17, 15) is 10.1 Å². The van der Waals surface area contributed by atoms with Gasteiger partial charge in [0.25, 0.3) is 0 Å². The summed E-state index contributed by atoms with van der Waals surface area (Å²) in [5.41, 5.74) is -1.36. The molecule has 98 valence electrons. The van der Waals surface area contributed by atoms with E-state index >= 15 is 0 Å². The molecule has 0 N–H and O–H groups in total. The molecule has 1 aliphatic heterocycles. The molecule has 0 aromatic heterocycles. The molecule has 0 aliphatic carbocycles. The Hall–Kier alpha value is -1.68. The first-order chi connectivity index (χ1) is 8.34. The van der Waals surface area contributed by atoms with Crippen LogP contribution in [0, 0.1) is 23.2 Å². The Morgan fingerprint density at radius 2 is 2.17 bits per heavy atom. The Balaban J connectivity index is 2.88. The van der Waals surface area contributed by atoms with Crippen LogP contribution in [0.1, 0.15) is 47.0 Å². The zero-order valence-electron chi connectivity index (χ0n) is 11.5. The van der Waals surface area contributed by atoms with Crippen molar-refractivity contribution in [3.8, 4) is 17.9 Å². The number of ether oxygens (including phenoxy) is 1. The molecule has 0 saturated carbocycles. The van der Waals surface area contributed by atoms with Crippen LogP contribution in [0.3, 0.4) is 0 Å². The van der Waals surface area contributed by atoms with Crippen molar-refractivity contribution in [2.24, 2.45) is 0 Å². The number of hydrogen-bond donors (Lipinski definition) is 0. The molecule has 0 aromatic carbocycles. The summed E-state index contributed by atoms with van der Waals surface area (Å²) < 4.78 is 5.35. The summed E-state index contributed by atoms with van der Waals surface area (Å²) in [5, 5.41) is 9.39. The van der Waals surface area contributed by atoms with E-state index in [1.54, 1.807) is 6.92 Å². The molecule has 4 nitrogen and oxygen atoms in total. The van der Waals surface area contributed by atoms with Crippen molar-refractivity contribution in [2.45, 2.75) is 58.1 Å². The quantitative estimate of drug-likeness (QED) is 0.670. The topological polar surface area (TPSA) is 53.3 Å². The lowest BCUT2D eigenvalue weighted by Gasteiger charge is -2.32. The van der Waals surface area contributed by atoms with Crippen LogP contribution in [0.5, 0.6) is 0 Å². The lowest BCUT2D eigenvalue weighted by Crippen LogP contribution is -2.48. The molecular formula is C14H20N2O2. The van der Waals surface area contributed by atoms with Crippen LogP contribution in [0.15, 0.2) is 0 Å². The molecule has 1 saturated heterocycles. The molecule has 0 bridgehead atoms. The minimum atomic E-state index is -0.814. The maximum absolute atomic E-state index is 12.1. The highest BCUT2D eigenvalue weighted by molar-refractivity contribution is 5.70. The number of nitrogens with zero attached hydrogens (tertiary/aromatic N) is 2. The van der Waals surface area contributed by atoms with E-state index in [4.69, 9.17) is 4.74 Å². The third-order valence-electron chi connectivity index (χ3n) is 2.87. The van der Waals surface area contributed by atoms with Gasteiger partial charge in [0.2, 0.25) is 0 Å². The van der Waals surface area contributed by atoms with Crippen molar-refractivity contribution < 1.29 is 9.53 Å². The van der Waals surface area contributed by atoms with Crippen molar-refractivity contribution >= 4 is 6.09 Å². The summed E-state index contributed by atoms with van der Waals surface area (Å²) in [6.45, 7) is 7.76. The Morgan fingerprint density at radius 3 is 2.67 bits per heavy atom. The van der Waals surface area contributed by atoms with Crippen LogP contribution in [0.4, 0.5) is 4.79 Å². The van der Waals surface area contributed by atoms with Crippen molar-refractivity contribution in [3.63, 3.8) is 0 Å². The zero-order chi connectivity index (χ0) is 13.8. The van der Waals surface area contributed by atoms with Gasteiger partial charge in [-0.1, -0.05) is 0 Å². The zero-order valence-corrected chi connectivity index (χ0v) is 11.5. The van der Waals surface area contributed by atoms with Gasteiger partial charge in [-0.15, -0.1) is 11.8 Å². The summed E-state index contributed by atoms with van der Waals surface area (Å²) >= 11 is 0. The molecule has 18 heavy (non-hydrogen) atoms. The van der Waals surface area contributed by atoms with Gasteiger partial charge < -0.3 is 4.74 Å². The fraction of sp³-hybridized carbons (Fsp3) is 0.714. The van der Waals surface area contributed by atoms with Crippen molar-refractivity contribution in [2.75, 3.05) is 6.54 Å². The molecule has 0 spiro atoms. The predicted octanol–water partition coefficient (Wildman–Crippen LogP) is 2.69. The number of rotatable bonds is 1. The first-order valence-corrected chi connectivity index (χ1v) is 6.16. The standard InChI is InChI=1S/C14H20N2O2/c1-5-6-8-14(11-15)9-7-10-16(14)12(17)18-13(2,3)4/h7-10H2,1-4H3. The molecular weight excluding hydrogens is 228 g/mol. The first-order valence-electron chi connectivity index (χ1n) is 6.16. The van der Waals surface area contributed by atoms with E-state index in [0.29, 0.717) is 19.4 Å². The van der Waals surface area contributed by atoms with Gasteiger partial charge in [0.05, 0.1) is 6.07 Å². The molecule has 0 radical (unpaired) electrons. The number of nitriles is 1. The van der Waals surface area contributed by atoms with Gasteiger partial charge in [0.15, 0.2) is 0 Å². The fourth-order valence-corrected chi connectivity index (χ4v) is 2.04. The van der Waals surface area contributed by atoms with Gasteiger partial charge in [-0.2, -0.15) is 5.26 Å². The van der Waals surface area contributed by atoms with Crippen molar-refractivity contribution in [1.29, 1.82) is 5.26 Å². The molecule has 1 rings (SSSR count). The van der Waals surface area contributed by atoms with E-state index < -0.39 is 17.2 Å². The Bertz CT molecular complexity index is 420. The Kier molecular flexibility index (Phi) is 4.24. The third kappa shape index (κ3) is 3.17. The van der Waals surface area contributed by atoms with E-state index in [2.05, 4.69) is 17.9 Å². The number of carbonyl (C=O) groups is 1. The van der Waals surface area contributed by atoms with E-state index in [1.165, 1.54) is 4.90 Å². The predicted molar refractivity (Wildman–Crippen MR) is 68.6 cm³/mol. The summed E-state index contributed by atoms with van der Waals surface area (Å²) in [6, 6.07) is 2.25. The van der Waals surface area contributed by atoms with Crippen LogP contribution in [-0.4, -0.2) is 28.7 Å². The normalized spacial score (nSPS) is 22.9. The monoisotopic (exact) mass is 248 g/mol. The molecule has 1 atom stereocenters. The maximum atomic E-state index is 12.1. The average molecular weight is 248 g/mol. The molecule has 1 aliphatic rings. The molecule has 0 aromatic rings. The van der Waals surface area contributed by atoms with E-state index in [0.717, 1.165) is 6.42 Å². The second-order valence-corrected chi connectivity index (χ2v) is 5.48. The lowest BCUT2D eigenvalue weighted by atomic mass is 9.94. The molecule has 1 fully saturated rings. The SMILES string of the molecule is CC#CCC1(C#N)CCCN1C(=O)OC(C)(C)C. The molecule has 4 heteroatoms. The average Bonchev–Trinajstić information content (AvgIpc) is 2.68. The summed E-state index contributed by atoms with van der Waals surface area (Å²) in [4.78, 5) is 13.6. The van der Waals surface area contributed by atoms with Crippen LogP contribution in [-0.2, 0) is 4.74 Å². The van der Waals surface area contributed by atoms with Gasteiger partial charge in [-0.3, -0.25) is 4.90 Å². The highest BCUT2D eigenvalue weighted by atomic mass is 16.6.